The fourth-order valence-electron chi connectivity index (χ4n) is 3.87. The average Bonchev–Trinajstić information content (AvgIpc) is 2.75. The number of ether oxygens (including phenoxy) is 1. The van der Waals surface area contributed by atoms with E-state index in [1.165, 1.54) is 22.4 Å². The van der Waals surface area contributed by atoms with Crippen LogP contribution in [0.15, 0.2) is 78.9 Å². The van der Waals surface area contributed by atoms with E-state index in [1.54, 1.807) is 12.0 Å². The van der Waals surface area contributed by atoms with Gasteiger partial charge in [-0.2, -0.15) is 0 Å². The molecular formula is C24H27N2O+. The second-order valence-electron chi connectivity index (χ2n) is 7.15. The first-order chi connectivity index (χ1) is 13.3. The lowest BCUT2D eigenvalue weighted by molar-refractivity contribution is -0.914. The Balaban J connectivity index is 1.35. The Hall–Kier alpha value is -2.78. The molecule has 1 fully saturated rings. The van der Waals surface area contributed by atoms with Crippen LogP contribution in [0.1, 0.15) is 5.56 Å². The smallest absolute Gasteiger partial charge is 0.142 e. The third kappa shape index (κ3) is 4.15. The van der Waals surface area contributed by atoms with E-state index in [0.29, 0.717) is 0 Å². The third-order valence-corrected chi connectivity index (χ3v) is 5.41. The molecule has 3 aromatic carbocycles. The number of para-hydroxylation sites is 2. The molecule has 0 unspecified atom stereocenters. The summed E-state index contributed by atoms with van der Waals surface area (Å²) in [5.41, 5.74) is 5.19. The monoisotopic (exact) mass is 359 g/mol. The summed E-state index contributed by atoms with van der Waals surface area (Å²) < 4.78 is 5.52. The Labute approximate surface area is 161 Å². The molecule has 0 spiro atoms. The van der Waals surface area contributed by atoms with Crippen molar-refractivity contribution in [2.24, 2.45) is 0 Å². The molecule has 3 aromatic rings. The van der Waals surface area contributed by atoms with Gasteiger partial charge in [0.05, 0.1) is 39.0 Å². The Morgan fingerprint density at radius 2 is 1.41 bits per heavy atom. The maximum Gasteiger partial charge on any atom is 0.142 e. The van der Waals surface area contributed by atoms with Crippen LogP contribution in [0.3, 0.4) is 0 Å². The first-order valence-corrected chi connectivity index (χ1v) is 9.69. The largest absolute Gasteiger partial charge is 0.495 e. The quantitative estimate of drug-likeness (QED) is 0.753. The summed E-state index contributed by atoms with van der Waals surface area (Å²) in [6, 6.07) is 27.9. The number of methoxy groups -OCH3 is 1. The average molecular weight is 359 g/mol. The number of piperazine rings is 1. The van der Waals surface area contributed by atoms with Crippen LogP contribution in [0.5, 0.6) is 5.75 Å². The molecule has 1 saturated heterocycles. The first kappa shape index (κ1) is 17.6. The number of nitrogens with zero attached hydrogens (tertiary/aromatic N) is 1. The number of hydrogen-bond donors (Lipinski definition) is 1. The van der Waals surface area contributed by atoms with Crippen molar-refractivity contribution in [3.05, 3.63) is 84.4 Å². The van der Waals surface area contributed by atoms with Crippen LogP contribution in [0.4, 0.5) is 5.69 Å². The fraction of sp³-hybridized carbons (Fsp3) is 0.250. The molecule has 0 saturated carbocycles. The number of quaternary nitrogens is 1. The number of rotatable bonds is 5. The lowest BCUT2D eigenvalue weighted by Gasteiger charge is -2.34. The van der Waals surface area contributed by atoms with Gasteiger partial charge in [-0.15, -0.1) is 0 Å². The van der Waals surface area contributed by atoms with E-state index in [2.05, 4.69) is 71.6 Å². The molecule has 0 aromatic heterocycles. The number of anilines is 1. The van der Waals surface area contributed by atoms with Gasteiger partial charge in [0.1, 0.15) is 12.3 Å². The standard InChI is InChI=1S/C24H26N2O/c1-27-24-10-6-5-9-23(24)26-17-15-25(16-18-26)19-20-11-13-22(14-12-20)21-7-3-2-4-8-21/h2-14H,15-19H2,1H3/p+1. The zero-order valence-corrected chi connectivity index (χ0v) is 15.9. The molecule has 138 valence electrons. The van der Waals surface area contributed by atoms with Crippen LogP contribution in [0.2, 0.25) is 0 Å². The van der Waals surface area contributed by atoms with Crippen molar-refractivity contribution in [1.82, 2.24) is 0 Å². The summed E-state index contributed by atoms with van der Waals surface area (Å²) in [6.07, 6.45) is 0. The molecule has 1 heterocycles. The van der Waals surface area contributed by atoms with Gasteiger partial charge in [-0.3, -0.25) is 0 Å². The van der Waals surface area contributed by atoms with E-state index < -0.39 is 0 Å². The number of hydrogen-bond acceptors (Lipinski definition) is 2. The lowest BCUT2D eigenvalue weighted by atomic mass is 10.0. The molecule has 0 aliphatic carbocycles. The zero-order chi connectivity index (χ0) is 18.5. The highest BCUT2D eigenvalue weighted by molar-refractivity contribution is 5.63. The van der Waals surface area contributed by atoms with Crippen LogP contribution in [-0.2, 0) is 6.54 Å². The van der Waals surface area contributed by atoms with Gasteiger partial charge in [0.2, 0.25) is 0 Å². The topological polar surface area (TPSA) is 16.9 Å². The fourth-order valence-corrected chi connectivity index (χ4v) is 3.87. The molecule has 0 amide bonds. The van der Waals surface area contributed by atoms with E-state index in [-0.39, 0.29) is 0 Å². The van der Waals surface area contributed by atoms with Crippen molar-refractivity contribution in [3.8, 4) is 16.9 Å². The molecule has 3 heteroatoms. The summed E-state index contributed by atoms with van der Waals surface area (Å²) in [4.78, 5) is 4.09. The molecule has 1 aliphatic rings. The molecular weight excluding hydrogens is 332 g/mol. The predicted octanol–water partition coefficient (Wildman–Crippen LogP) is 3.27. The summed E-state index contributed by atoms with van der Waals surface area (Å²) >= 11 is 0. The highest BCUT2D eigenvalue weighted by atomic mass is 16.5. The van der Waals surface area contributed by atoms with Crippen LogP contribution < -0.4 is 14.5 Å². The Morgan fingerprint density at radius 3 is 2.11 bits per heavy atom. The minimum Gasteiger partial charge on any atom is -0.495 e. The van der Waals surface area contributed by atoms with E-state index in [4.69, 9.17) is 4.74 Å². The van der Waals surface area contributed by atoms with Crippen molar-refractivity contribution < 1.29 is 9.64 Å². The Bertz CT molecular complexity index is 853. The first-order valence-electron chi connectivity index (χ1n) is 9.69. The molecule has 1 aliphatic heterocycles. The highest BCUT2D eigenvalue weighted by Gasteiger charge is 2.22. The second kappa shape index (κ2) is 8.28. The van der Waals surface area contributed by atoms with Gasteiger partial charge in [0.25, 0.3) is 0 Å². The summed E-state index contributed by atoms with van der Waals surface area (Å²) in [6.45, 7) is 5.53. The molecule has 1 N–H and O–H groups in total. The SMILES string of the molecule is COc1ccccc1N1CC[NH+](Cc2ccc(-c3ccccc3)cc2)CC1. The maximum absolute atomic E-state index is 5.52. The minimum atomic E-state index is 0.970. The van der Waals surface area contributed by atoms with Gasteiger partial charge >= 0.3 is 0 Å². The van der Waals surface area contributed by atoms with Gasteiger partial charge in [0, 0.05) is 5.56 Å². The molecule has 0 radical (unpaired) electrons. The van der Waals surface area contributed by atoms with E-state index in [1.807, 2.05) is 12.1 Å². The summed E-state index contributed by atoms with van der Waals surface area (Å²) in [5.74, 6) is 0.970. The number of nitrogens with one attached hydrogen (secondary N) is 1. The van der Waals surface area contributed by atoms with Crippen molar-refractivity contribution in [2.45, 2.75) is 6.54 Å². The van der Waals surface area contributed by atoms with Gasteiger partial charge in [-0.25, -0.2) is 0 Å². The van der Waals surface area contributed by atoms with Crippen molar-refractivity contribution in [2.75, 3.05) is 38.2 Å². The second-order valence-corrected chi connectivity index (χ2v) is 7.15. The van der Waals surface area contributed by atoms with Crippen molar-refractivity contribution in [3.63, 3.8) is 0 Å². The molecule has 4 rings (SSSR count). The normalized spacial score (nSPS) is 14.9. The van der Waals surface area contributed by atoms with Crippen LogP contribution in [-0.4, -0.2) is 33.3 Å². The summed E-state index contributed by atoms with van der Waals surface area (Å²) in [5, 5.41) is 0. The van der Waals surface area contributed by atoms with Gasteiger partial charge in [-0.05, 0) is 23.3 Å². The Morgan fingerprint density at radius 1 is 0.778 bits per heavy atom. The number of benzene rings is 3. The summed E-state index contributed by atoms with van der Waals surface area (Å²) in [7, 11) is 1.75. The van der Waals surface area contributed by atoms with Gasteiger partial charge in [0.15, 0.2) is 0 Å². The van der Waals surface area contributed by atoms with E-state index >= 15 is 0 Å². The predicted molar refractivity (Wildman–Crippen MR) is 111 cm³/mol. The van der Waals surface area contributed by atoms with Gasteiger partial charge in [-0.1, -0.05) is 66.7 Å². The van der Waals surface area contributed by atoms with Crippen molar-refractivity contribution in [1.29, 1.82) is 0 Å². The van der Waals surface area contributed by atoms with E-state index in [0.717, 1.165) is 38.5 Å². The van der Waals surface area contributed by atoms with Crippen LogP contribution >= 0.6 is 0 Å². The van der Waals surface area contributed by atoms with Gasteiger partial charge < -0.3 is 14.5 Å². The molecule has 0 atom stereocenters. The van der Waals surface area contributed by atoms with Crippen LogP contribution in [0, 0.1) is 0 Å². The van der Waals surface area contributed by atoms with Crippen molar-refractivity contribution >= 4 is 5.69 Å². The maximum atomic E-state index is 5.52. The zero-order valence-electron chi connectivity index (χ0n) is 15.9. The van der Waals surface area contributed by atoms with E-state index in [9.17, 15) is 0 Å². The third-order valence-electron chi connectivity index (χ3n) is 5.41. The molecule has 0 bridgehead atoms. The highest BCUT2D eigenvalue weighted by Crippen LogP contribution is 2.27. The van der Waals surface area contributed by atoms with Crippen LogP contribution in [0.25, 0.3) is 11.1 Å². The molecule has 3 nitrogen and oxygen atoms in total. The molecule has 27 heavy (non-hydrogen) atoms. The minimum absolute atomic E-state index is 0.970. The lowest BCUT2D eigenvalue weighted by Crippen LogP contribution is -3.13. The Kier molecular flexibility index (Phi) is 5.40.